The molecule has 0 bridgehead atoms. The van der Waals surface area contributed by atoms with Gasteiger partial charge in [-0.15, -0.1) is 0 Å². The first-order valence-corrected chi connectivity index (χ1v) is 8.62. The summed E-state index contributed by atoms with van der Waals surface area (Å²) in [5, 5.41) is 10.4. The summed E-state index contributed by atoms with van der Waals surface area (Å²) < 4.78 is 9.99. The van der Waals surface area contributed by atoms with E-state index in [1.807, 2.05) is 24.3 Å². The van der Waals surface area contributed by atoms with Crippen molar-refractivity contribution in [1.82, 2.24) is 4.98 Å². The van der Waals surface area contributed by atoms with Gasteiger partial charge in [-0.25, -0.2) is 14.6 Å². The van der Waals surface area contributed by atoms with Gasteiger partial charge in [0.2, 0.25) is 5.76 Å². The number of nitrogens with zero attached hydrogens (tertiary/aromatic N) is 1. The zero-order valence-corrected chi connectivity index (χ0v) is 14.7. The number of esters is 1. The second kappa shape index (κ2) is 6.72. The van der Waals surface area contributed by atoms with E-state index in [0.717, 1.165) is 24.0 Å². The van der Waals surface area contributed by atoms with Crippen molar-refractivity contribution < 1.29 is 23.8 Å². The van der Waals surface area contributed by atoms with Crippen molar-refractivity contribution in [3.63, 3.8) is 0 Å². The zero-order chi connectivity index (χ0) is 19.0. The van der Waals surface area contributed by atoms with Gasteiger partial charge < -0.3 is 14.3 Å². The minimum Gasteiger partial charge on any atom is -0.478 e. The Morgan fingerprint density at radius 1 is 1.22 bits per heavy atom. The van der Waals surface area contributed by atoms with Gasteiger partial charge in [0.05, 0.1) is 30.1 Å². The third-order valence-electron chi connectivity index (χ3n) is 4.78. The molecule has 2 heterocycles. The summed E-state index contributed by atoms with van der Waals surface area (Å²) in [5.74, 6) is -1.39. The Hall–Kier alpha value is -3.41. The number of hydrogen-bond donors (Lipinski definition) is 1. The first-order valence-electron chi connectivity index (χ1n) is 8.62. The molecule has 0 unspecified atom stereocenters. The lowest BCUT2D eigenvalue weighted by Gasteiger charge is -2.21. The maximum Gasteiger partial charge on any atom is 0.374 e. The highest BCUT2D eigenvalue weighted by Crippen LogP contribution is 2.36. The lowest BCUT2D eigenvalue weighted by molar-refractivity contribution is 0.0564. The highest BCUT2D eigenvalue weighted by molar-refractivity contribution is 6.06. The largest absolute Gasteiger partial charge is 0.478 e. The van der Waals surface area contributed by atoms with E-state index in [1.165, 1.54) is 13.4 Å². The van der Waals surface area contributed by atoms with Crippen LogP contribution in [-0.2, 0) is 11.2 Å². The van der Waals surface area contributed by atoms with E-state index in [9.17, 15) is 14.7 Å². The molecule has 0 saturated carbocycles. The van der Waals surface area contributed by atoms with Crippen molar-refractivity contribution in [2.75, 3.05) is 7.11 Å². The first-order chi connectivity index (χ1) is 13.1. The number of allylic oxidation sites excluding steroid dienone is 1. The van der Waals surface area contributed by atoms with Crippen LogP contribution in [0.3, 0.4) is 0 Å². The SMILES string of the molecule is COC(=O)c1occc1C=C1CCCc2c1nc1ccccc1c2C(=O)O. The maximum absolute atomic E-state index is 12.0. The molecule has 0 fully saturated rings. The number of para-hydroxylation sites is 1. The number of methoxy groups -OCH3 is 1. The van der Waals surface area contributed by atoms with Crippen LogP contribution in [0.4, 0.5) is 0 Å². The van der Waals surface area contributed by atoms with Crippen LogP contribution in [0.2, 0.25) is 0 Å². The van der Waals surface area contributed by atoms with E-state index in [4.69, 9.17) is 14.1 Å². The lowest BCUT2D eigenvalue weighted by atomic mass is 9.86. The number of carbonyl (C=O) groups is 2. The fourth-order valence-corrected chi connectivity index (χ4v) is 3.60. The molecule has 1 N–H and O–H groups in total. The summed E-state index contributed by atoms with van der Waals surface area (Å²) in [7, 11) is 1.30. The van der Waals surface area contributed by atoms with Crippen molar-refractivity contribution in [2.24, 2.45) is 0 Å². The number of carboxylic acid groups (broad SMARTS) is 1. The molecule has 0 saturated heterocycles. The number of aromatic nitrogens is 1. The molecule has 6 heteroatoms. The number of pyridine rings is 1. The van der Waals surface area contributed by atoms with Crippen LogP contribution in [0, 0.1) is 0 Å². The predicted molar refractivity (Wildman–Crippen MR) is 99.6 cm³/mol. The molecule has 0 amide bonds. The molecule has 1 aromatic carbocycles. The third kappa shape index (κ3) is 2.89. The minimum absolute atomic E-state index is 0.122. The summed E-state index contributed by atoms with van der Waals surface area (Å²) in [6, 6.07) is 8.94. The Morgan fingerprint density at radius 3 is 2.81 bits per heavy atom. The molecule has 0 atom stereocenters. The minimum atomic E-state index is -0.954. The second-order valence-corrected chi connectivity index (χ2v) is 6.36. The van der Waals surface area contributed by atoms with E-state index >= 15 is 0 Å². The van der Waals surface area contributed by atoms with Gasteiger partial charge >= 0.3 is 11.9 Å². The molecule has 0 spiro atoms. The van der Waals surface area contributed by atoms with Gasteiger partial charge in [0.1, 0.15) is 0 Å². The van der Waals surface area contributed by atoms with Crippen molar-refractivity contribution in [3.8, 4) is 0 Å². The van der Waals surface area contributed by atoms with Crippen LogP contribution in [0.1, 0.15) is 50.6 Å². The second-order valence-electron chi connectivity index (χ2n) is 6.36. The number of ether oxygens (including phenoxy) is 1. The third-order valence-corrected chi connectivity index (χ3v) is 4.78. The molecule has 1 aliphatic carbocycles. The van der Waals surface area contributed by atoms with Crippen LogP contribution in [0.5, 0.6) is 0 Å². The summed E-state index contributed by atoms with van der Waals surface area (Å²) in [5.41, 5.74) is 3.84. The summed E-state index contributed by atoms with van der Waals surface area (Å²) >= 11 is 0. The van der Waals surface area contributed by atoms with Crippen molar-refractivity contribution >= 4 is 34.5 Å². The number of carbonyl (C=O) groups excluding carboxylic acids is 1. The van der Waals surface area contributed by atoms with Crippen LogP contribution in [-0.4, -0.2) is 29.1 Å². The zero-order valence-electron chi connectivity index (χ0n) is 14.7. The number of carboxylic acids is 1. The van der Waals surface area contributed by atoms with E-state index in [-0.39, 0.29) is 5.76 Å². The number of fused-ring (bicyclic) bond motifs is 2. The Kier molecular flexibility index (Phi) is 4.24. The number of aromatic carboxylic acids is 1. The molecule has 1 aliphatic rings. The van der Waals surface area contributed by atoms with Crippen molar-refractivity contribution in [2.45, 2.75) is 19.3 Å². The summed E-state index contributed by atoms with van der Waals surface area (Å²) in [4.78, 5) is 28.6. The van der Waals surface area contributed by atoms with Crippen LogP contribution in [0.25, 0.3) is 22.6 Å². The summed E-state index contributed by atoms with van der Waals surface area (Å²) in [6.45, 7) is 0. The molecule has 4 rings (SSSR count). The molecule has 0 radical (unpaired) electrons. The van der Waals surface area contributed by atoms with Gasteiger partial charge in [-0.05, 0) is 48.6 Å². The van der Waals surface area contributed by atoms with Crippen LogP contribution in [0.15, 0.2) is 41.0 Å². The topological polar surface area (TPSA) is 89.6 Å². The highest BCUT2D eigenvalue weighted by atomic mass is 16.5. The van der Waals surface area contributed by atoms with Crippen LogP contribution < -0.4 is 0 Å². The van der Waals surface area contributed by atoms with E-state index in [0.29, 0.717) is 34.1 Å². The molecule has 0 aliphatic heterocycles. The average molecular weight is 363 g/mol. The average Bonchev–Trinajstić information content (AvgIpc) is 3.13. The Balaban J connectivity index is 1.93. The molecular weight excluding hydrogens is 346 g/mol. The molecule has 27 heavy (non-hydrogen) atoms. The highest BCUT2D eigenvalue weighted by Gasteiger charge is 2.25. The standard InChI is InChI=1S/C21H17NO5/c1-26-21(25)19-13(9-10-27-19)11-12-5-4-7-15-17(20(23)24)14-6-2-3-8-16(14)22-18(12)15/h2-3,6,8-11H,4-5,7H2,1H3,(H,23,24). The number of rotatable bonds is 3. The predicted octanol–water partition coefficient (Wildman–Crippen LogP) is 4.19. The van der Waals surface area contributed by atoms with Gasteiger partial charge in [-0.3, -0.25) is 0 Å². The van der Waals surface area contributed by atoms with E-state index in [1.54, 1.807) is 12.1 Å². The smallest absolute Gasteiger partial charge is 0.374 e. The maximum atomic E-state index is 12.0. The quantitative estimate of drug-likeness (QED) is 0.702. The Bertz CT molecular complexity index is 1090. The Morgan fingerprint density at radius 2 is 2.04 bits per heavy atom. The number of benzene rings is 1. The van der Waals surface area contributed by atoms with Gasteiger partial charge in [0, 0.05) is 10.9 Å². The van der Waals surface area contributed by atoms with Gasteiger partial charge in [-0.2, -0.15) is 0 Å². The molecule has 3 aromatic rings. The molecule has 2 aromatic heterocycles. The fraction of sp³-hybridized carbons (Fsp3) is 0.190. The molecule has 6 nitrogen and oxygen atoms in total. The van der Waals surface area contributed by atoms with E-state index < -0.39 is 11.9 Å². The number of hydrogen-bond acceptors (Lipinski definition) is 5. The van der Waals surface area contributed by atoms with E-state index in [2.05, 4.69) is 0 Å². The number of furan rings is 1. The molecule has 136 valence electrons. The van der Waals surface area contributed by atoms with Gasteiger partial charge in [0.25, 0.3) is 0 Å². The fourth-order valence-electron chi connectivity index (χ4n) is 3.60. The first kappa shape index (κ1) is 17.0. The normalized spacial score (nSPS) is 14.9. The Labute approximate surface area is 155 Å². The van der Waals surface area contributed by atoms with Crippen molar-refractivity contribution in [1.29, 1.82) is 0 Å². The molecular formula is C21H17NO5. The summed E-state index contributed by atoms with van der Waals surface area (Å²) in [6.07, 6.45) is 5.47. The monoisotopic (exact) mass is 363 g/mol. The van der Waals surface area contributed by atoms with Crippen LogP contribution >= 0.6 is 0 Å². The van der Waals surface area contributed by atoms with Crippen molar-refractivity contribution in [3.05, 3.63) is 64.7 Å². The lowest BCUT2D eigenvalue weighted by Crippen LogP contribution is -2.13. The van der Waals surface area contributed by atoms with Gasteiger partial charge in [-0.1, -0.05) is 18.2 Å². The van der Waals surface area contributed by atoms with Gasteiger partial charge in [0.15, 0.2) is 0 Å².